The molecule has 7 nitrogen and oxygen atoms in total. The summed E-state index contributed by atoms with van der Waals surface area (Å²) >= 11 is 0. The van der Waals surface area contributed by atoms with Crippen LogP contribution in [0.25, 0.3) is 0 Å². The number of benzene rings is 2. The molecule has 0 bridgehead atoms. The van der Waals surface area contributed by atoms with Crippen molar-refractivity contribution in [1.82, 2.24) is 0 Å². The highest BCUT2D eigenvalue weighted by molar-refractivity contribution is 5.99. The maximum atomic E-state index is 12.4. The van der Waals surface area contributed by atoms with Gasteiger partial charge in [-0.2, -0.15) is 0 Å². The van der Waals surface area contributed by atoms with E-state index >= 15 is 0 Å². The number of hydrogen-bond acceptors (Lipinski definition) is 7. The maximum Gasteiger partial charge on any atom is 0.306 e. The van der Waals surface area contributed by atoms with Crippen LogP contribution >= 0.6 is 0 Å². The van der Waals surface area contributed by atoms with E-state index in [0.717, 1.165) is 5.56 Å². The van der Waals surface area contributed by atoms with Crippen LogP contribution in [0, 0.1) is 0 Å². The van der Waals surface area contributed by atoms with Crippen LogP contribution in [0.15, 0.2) is 36.4 Å². The molecule has 0 fully saturated rings. The van der Waals surface area contributed by atoms with Gasteiger partial charge in [0.2, 0.25) is 11.5 Å². The molecular weight excluding hydrogens is 364 g/mol. The summed E-state index contributed by atoms with van der Waals surface area (Å²) in [6, 6.07) is 10.5. The number of hydrogen-bond donors (Lipinski definition) is 0. The van der Waals surface area contributed by atoms with Gasteiger partial charge < -0.3 is 23.7 Å². The van der Waals surface area contributed by atoms with Crippen molar-refractivity contribution < 1.29 is 33.3 Å². The van der Waals surface area contributed by atoms with Gasteiger partial charge in [0.15, 0.2) is 18.1 Å². The molecule has 2 aromatic rings. The summed E-state index contributed by atoms with van der Waals surface area (Å²) in [4.78, 5) is 24.4. The molecule has 0 N–H and O–H groups in total. The molecule has 2 aromatic carbocycles. The zero-order valence-electron chi connectivity index (χ0n) is 16.4. The average Bonchev–Trinajstić information content (AvgIpc) is 2.74. The minimum atomic E-state index is -0.466. The van der Waals surface area contributed by atoms with Gasteiger partial charge in [-0.25, -0.2) is 0 Å². The third-order valence-electron chi connectivity index (χ3n) is 4.14. The lowest BCUT2D eigenvalue weighted by Crippen LogP contribution is -2.15. The summed E-state index contributed by atoms with van der Waals surface area (Å²) in [6.45, 7) is -0.372. The normalized spacial score (nSPS) is 10.1. The Bertz CT molecular complexity index is 804. The molecule has 0 aliphatic carbocycles. The molecular formula is C21H24O7. The number of carbonyl (C=O) groups is 2. The lowest BCUT2D eigenvalue weighted by atomic mass is 10.1. The number of ketones is 1. The second kappa shape index (κ2) is 10.2. The number of esters is 1. The van der Waals surface area contributed by atoms with Gasteiger partial charge in [-0.3, -0.25) is 9.59 Å². The first-order valence-corrected chi connectivity index (χ1v) is 8.64. The summed E-state index contributed by atoms with van der Waals surface area (Å²) < 4.78 is 26.1. The van der Waals surface area contributed by atoms with Crippen LogP contribution in [-0.2, 0) is 16.0 Å². The third kappa shape index (κ3) is 5.16. The Hall–Kier alpha value is -3.22. The van der Waals surface area contributed by atoms with Crippen LogP contribution in [0.1, 0.15) is 22.3 Å². The molecule has 0 saturated carbocycles. The summed E-state index contributed by atoms with van der Waals surface area (Å²) in [6.07, 6.45) is 0.601. The van der Waals surface area contributed by atoms with Crippen molar-refractivity contribution >= 4 is 11.8 Å². The molecule has 0 spiro atoms. The van der Waals surface area contributed by atoms with E-state index < -0.39 is 5.97 Å². The molecule has 0 unspecified atom stereocenters. The van der Waals surface area contributed by atoms with Gasteiger partial charge in [0.25, 0.3) is 0 Å². The Morgan fingerprint density at radius 1 is 0.821 bits per heavy atom. The maximum absolute atomic E-state index is 12.4. The lowest BCUT2D eigenvalue weighted by molar-refractivity contribution is -0.142. The van der Waals surface area contributed by atoms with Crippen molar-refractivity contribution in [3.05, 3.63) is 47.5 Å². The Morgan fingerprint density at radius 3 is 2.00 bits per heavy atom. The number of methoxy groups -OCH3 is 4. The highest BCUT2D eigenvalue weighted by atomic mass is 16.5. The minimum Gasteiger partial charge on any atom is -0.496 e. The van der Waals surface area contributed by atoms with Gasteiger partial charge in [0.1, 0.15) is 5.75 Å². The quantitative estimate of drug-likeness (QED) is 0.457. The number of aryl methyl sites for hydroxylation is 1. The van der Waals surface area contributed by atoms with Crippen molar-refractivity contribution in [2.24, 2.45) is 0 Å². The summed E-state index contributed by atoms with van der Waals surface area (Å²) in [5.74, 6) is 0.969. The smallest absolute Gasteiger partial charge is 0.306 e. The Kier molecular flexibility index (Phi) is 7.68. The van der Waals surface area contributed by atoms with Gasteiger partial charge >= 0.3 is 5.97 Å². The molecule has 0 aliphatic rings. The predicted octanol–water partition coefficient (Wildman–Crippen LogP) is 3.08. The fourth-order valence-electron chi connectivity index (χ4n) is 2.69. The second-order valence-electron chi connectivity index (χ2n) is 5.81. The van der Waals surface area contributed by atoms with Crippen molar-refractivity contribution in [3.8, 4) is 23.0 Å². The van der Waals surface area contributed by atoms with E-state index in [1.54, 1.807) is 7.11 Å². The van der Waals surface area contributed by atoms with E-state index in [9.17, 15) is 9.59 Å². The number of ether oxygens (including phenoxy) is 5. The zero-order chi connectivity index (χ0) is 20.5. The van der Waals surface area contributed by atoms with Gasteiger partial charge in [0, 0.05) is 12.0 Å². The van der Waals surface area contributed by atoms with Gasteiger partial charge in [-0.05, 0) is 30.2 Å². The molecule has 0 heterocycles. The van der Waals surface area contributed by atoms with Crippen molar-refractivity contribution in [1.29, 1.82) is 0 Å². The molecule has 2 rings (SSSR count). The van der Waals surface area contributed by atoms with Crippen LogP contribution < -0.4 is 18.9 Å². The standard InChI is InChI=1S/C21H24O7/c1-24-17-8-6-5-7-14(17)9-10-20(23)28-13-16(22)15-11-18(25-2)21(27-4)19(12-15)26-3/h5-8,11-12H,9-10,13H2,1-4H3. The van der Waals surface area contributed by atoms with Gasteiger partial charge in [0.05, 0.1) is 28.4 Å². The zero-order valence-corrected chi connectivity index (χ0v) is 16.4. The van der Waals surface area contributed by atoms with Crippen LogP contribution in [0.2, 0.25) is 0 Å². The summed E-state index contributed by atoms with van der Waals surface area (Å²) in [5, 5.41) is 0. The molecule has 0 aliphatic heterocycles. The summed E-state index contributed by atoms with van der Waals surface area (Å²) in [5.41, 5.74) is 1.20. The molecule has 28 heavy (non-hydrogen) atoms. The first-order chi connectivity index (χ1) is 13.5. The number of rotatable bonds is 10. The van der Waals surface area contributed by atoms with E-state index in [4.69, 9.17) is 23.7 Å². The Morgan fingerprint density at radius 2 is 1.43 bits per heavy atom. The lowest BCUT2D eigenvalue weighted by Gasteiger charge is -2.13. The summed E-state index contributed by atoms with van der Waals surface area (Å²) in [7, 11) is 5.98. The molecule has 0 radical (unpaired) electrons. The monoisotopic (exact) mass is 388 g/mol. The topological polar surface area (TPSA) is 80.3 Å². The van der Waals surface area contributed by atoms with Crippen molar-refractivity contribution in [2.75, 3.05) is 35.0 Å². The van der Waals surface area contributed by atoms with Crippen LogP contribution in [0.5, 0.6) is 23.0 Å². The molecule has 0 aromatic heterocycles. The molecule has 0 amide bonds. The molecule has 0 atom stereocenters. The number of Topliss-reactive ketones (excluding diaryl/α,β-unsaturated/α-hetero) is 1. The van der Waals surface area contributed by atoms with Crippen LogP contribution in [-0.4, -0.2) is 46.8 Å². The van der Waals surface area contributed by atoms with Crippen molar-refractivity contribution in [2.45, 2.75) is 12.8 Å². The molecule has 7 heteroatoms. The van der Waals surface area contributed by atoms with Crippen molar-refractivity contribution in [3.63, 3.8) is 0 Å². The SMILES string of the molecule is COc1ccccc1CCC(=O)OCC(=O)c1cc(OC)c(OC)c(OC)c1. The number of carbonyl (C=O) groups excluding carboxylic acids is 2. The first kappa shape index (κ1) is 21.1. The predicted molar refractivity (Wildman–Crippen MR) is 103 cm³/mol. The highest BCUT2D eigenvalue weighted by Gasteiger charge is 2.18. The number of para-hydroxylation sites is 1. The molecule has 0 saturated heterocycles. The van der Waals surface area contributed by atoms with E-state index in [-0.39, 0.29) is 18.8 Å². The fraction of sp³-hybridized carbons (Fsp3) is 0.333. The first-order valence-electron chi connectivity index (χ1n) is 8.64. The van der Waals surface area contributed by atoms with Crippen LogP contribution in [0.3, 0.4) is 0 Å². The molecule has 150 valence electrons. The van der Waals surface area contributed by atoms with E-state index in [0.29, 0.717) is 35.0 Å². The van der Waals surface area contributed by atoms with E-state index in [1.165, 1.54) is 33.5 Å². The average molecular weight is 388 g/mol. The van der Waals surface area contributed by atoms with Crippen LogP contribution in [0.4, 0.5) is 0 Å². The van der Waals surface area contributed by atoms with E-state index in [2.05, 4.69) is 0 Å². The Labute approximate surface area is 164 Å². The van der Waals surface area contributed by atoms with Gasteiger partial charge in [-0.1, -0.05) is 18.2 Å². The van der Waals surface area contributed by atoms with Gasteiger partial charge in [-0.15, -0.1) is 0 Å². The third-order valence-corrected chi connectivity index (χ3v) is 4.14. The Balaban J connectivity index is 1.97. The largest absolute Gasteiger partial charge is 0.496 e. The highest BCUT2D eigenvalue weighted by Crippen LogP contribution is 2.38. The minimum absolute atomic E-state index is 0.142. The second-order valence-corrected chi connectivity index (χ2v) is 5.81. The van der Waals surface area contributed by atoms with E-state index in [1.807, 2.05) is 24.3 Å². The fourth-order valence-corrected chi connectivity index (χ4v) is 2.69.